The zero-order valence-corrected chi connectivity index (χ0v) is 23.6. The Labute approximate surface area is 231 Å². The molecule has 0 aromatic heterocycles. The zero-order valence-electron chi connectivity index (χ0n) is 23.6. The molecule has 2 amide bonds. The molecule has 2 aliphatic rings. The highest BCUT2D eigenvalue weighted by Gasteiger charge is 2.50. The lowest BCUT2D eigenvalue weighted by Gasteiger charge is -2.45. The van der Waals surface area contributed by atoms with Crippen LogP contribution in [0.4, 0.5) is 8.78 Å². The zero-order chi connectivity index (χ0) is 28.6. The number of carbonyl (C=O) groups is 2. The van der Waals surface area contributed by atoms with Crippen LogP contribution in [0.2, 0.25) is 0 Å². The normalized spacial score (nSPS) is 21.6. The fourth-order valence-corrected chi connectivity index (χ4v) is 6.36. The summed E-state index contributed by atoms with van der Waals surface area (Å²) in [4.78, 5) is 28.7. The van der Waals surface area contributed by atoms with E-state index < -0.39 is 35.0 Å². The van der Waals surface area contributed by atoms with Gasteiger partial charge in [-0.05, 0) is 63.1 Å². The molecule has 8 heteroatoms. The smallest absolute Gasteiger partial charge is 0.244 e. The number of aliphatic hydroxyl groups is 1. The lowest BCUT2D eigenvalue weighted by Crippen LogP contribution is -2.54. The molecular formula is C31H45F2N3O3. The number of nitrogens with two attached hydrogens (primary N) is 1. The molecule has 3 atom stereocenters. The molecule has 1 aromatic rings. The van der Waals surface area contributed by atoms with Gasteiger partial charge in [-0.15, -0.1) is 0 Å². The number of halogens is 2. The van der Waals surface area contributed by atoms with E-state index in [0.717, 1.165) is 44.6 Å². The van der Waals surface area contributed by atoms with Gasteiger partial charge in [-0.3, -0.25) is 9.59 Å². The topological polar surface area (TPSA) is 95.7 Å². The molecular weight excluding hydrogens is 500 g/mol. The van der Waals surface area contributed by atoms with E-state index >= 15 is 0 Å². The van der Waals surface area contributed by atoms with Gasteiger partial charge in [0, 0.05) is 43.2 Å². The molecule has 0 saturated heterocycles. The van der Waals surface area contributed by atoms with Gasteiger partial charge in [-0.2, -0.15) is 0 Å². The highest BCUT2D eigenvalue weighted by molar-refractivity contribution is 5.96. The number of aliphatic hydroxyl groups excluding tert-OH is 1. The monoisotopic (exact) mass is 545 g/mol. The number of carbonyl (C=O) groups excluding carboxylic acids is 2. The molecule has 1 unspecified atom stereocenters. The molecule has 0 radical (unpaired) electrons. The highest BCUT2D eigenvalue weighted by Crippen LogP contribution is 2.46. The van der Waals surface area contributed by atoms with Gasteiger partial charge < -0.3 is 21.1 Å². The van der Waals surface area contributed by atoms with Crippen molar-refractivity contribution in [1.82, 2.24) is 10.2 Å². The maximum absolute atomic E-state index is 14.5. The molecule has 3 rings (SSSR count). The van der Waals surface area contributed by atoms with Crippen molar-refractivity contribution in [2.24, 2.45) is 17.1 Å². The fraction of sp³-hybridized carbons (Fsp3) is 0.613. The van der Waals surface area contributed by atoms with Crippen molar-refractivity contribution in [3.05, 3.63) is 58.7 Å². The summed E-state index contributed by atoms with van der Waals surface area (Å²) in [7, 11) is 0. The largest absolute Gasteiger partial charge is 0.391 e. The lowest BCUT2D eigenvalue weighted by molar-refractivity contribution is -0.145. The maximum Gasteiger partial charge on any atom is 0.244 e. The molecule has 2 aliphatic carbocycles. The Morgan fingerprint density at radius 2 is 1.72 bits per heavy atom. The van der Waals surface area contributed by atoms with Crippen molar-refractivity contribution >= 4 is 11.8 Å². The molecule has 1 aromatic carbocycles. The third kappa shape index (κ3) is 7.98. The average Bonchev–Trinajstić information content (AvgIpc) is 2.89. The summed E-state index contributed by atoms with van der Waals surface area (Å²) in [6, 6.07) is 3.57. The van der Waals surface area contributed by atoms with Crippen molar-refractivity contribution in [1.29, 1.82) is 0 Å². The first kappa shape index (κ1) is 31.0. The highest BCUT2D eigenvalue weighted by atomic mass is 19.1. The van der Waals surface area contributed by atoms with Crippen LogP contribution in [0.1, 0.15) is 77.7 Å². The quantitative estimate of drug-likeness (QED) is 0.332. The van der Waals surface area contributed by atoms with Crippen LogP contribution in [-0.4, -0.2) is 53.6 Å². The van der Waals surface area contributed by atoms with Crippen molar-refractivity contribution in [2.75, 3.05) is 19.6 Å². The van der Waals surface area contributed by atoms with Crippen molar-refractivity contribution in [2.45, 2.75) is 90.7 Å². The van der Waals surface area contributed by atoms with E-state index in [1.54, 1.807) is 17.9 Å². The van der Waals surface area contributed by atoms with Crippen LogP contribution in [-0.2, 0) is 16.0 Å². The molecule has 4 N–H and O–H groups in total. The first-order valence-corrected chi connectivity index (χ1v) is 14.4. The Morgan fingerprint density at radius 1 is 1.10 bits per heavy atom. The molecule has 0 heterocycles. The van der Waals surface area contributed by atoms with Gasteiger partial charge in [-0.25, -0.2) is 8.78 Å². The number of rotatable bonds is 13. The predicted octanol–water partition coefficient (Wildman–Crippen LogP) is 4.80. The van der Waals surface area contributed by atoms with E-state index in [4.69, 9.17) is 5.73 Å². The Bertz CT molecular complexity index is 1040. The summed E-state index contributed by atoms with van der Waals surface area (Å²) in [5.41, 5.74) is 5.77. The van der Waals surface area contributed by atoms with Crippen molar-refractivity contribution in [3.63, 3.8) is 0 Å². The summed E-state index contributed by atoms with van der Waals surface area (Å²) in [6.07, 6.45) is 9.54. The van der Waals surface area contributed by atoms with Crippen molar-refractivity contribution < 1.29 is 23.5 Å². The SMILES string of the molecule is CCCN(CCC)C(=O)C1([C@H](Cc2cc(F)cc(F)c2)[C@@H](O)CNC2CCCCC2)C=C(C)C=C(C(N)=O)C1. The van der Waals surface area contributed by atoms with Gasteiger partial charge in [0.15, 0.2) is 0 Å². The minimum Gasteiger partial charge on any atom is -0.391 e. The summed E-state index contributed by atoms with van der Waals surface area (Å²) >= 11 is 0. The van der Waals surface area contributed by atoms with Crippen LogP contribution in [0.25, 0.3) is 0 Å². The second-order valence-corrected chi connectivity index (χ2v) is 11.3. The first-order valence-electron chi connectivity index (χ1n) is 14.4. The van der Waals surface area contributed by atoms with Gasteiger partial charge in [0.2, 0.25) is 11.8 Å². The molecule has 0 spiro atoms. The van der Waals surface area contributed by atoms with E-state index in [-0.39, 0.29) is 31.3 Å². The molecule has 216 valence electrons. The minimum absolute atomic E-state index is 0.0192. The third-order valence-corrected chi connectivity index (χ3v) is 8.08. The Hall–Kier alpha value is -2.58. The van der Waals surface area contributed by atoms with Gasteiger partial charge >= 0.3 is 0 Å². The van der Waals surface area contributed by atoms with Gasteiger partial charge in [0.05, 0.1) is 11.5 Å². The summed E-state index contributed by atoms with van der Waals surface area (Å²) in [5.74, 6) is -3.02. The van der Waals surface area contributed by atoms with Gasteiger partial charge in [0.1, 0.15) is 11.6 Å². The summed E-state index contributed by atoms with van der Waals surface area (Å²) in [6.45, 7) is 7.07. The molecule has 6 nitrogen and oxygen atoms in total. The second-order valence-electron chi connectivity index (χ2n) is 11.3. The van der Waals surface area contributed by atoms with E-state index in [9.17, 15) is 23.5 Å². The fourth-order valence-electron chi connectivity index (χ4n) is 6.36. The Morgan fingerprint density at radius 3 is 2.28 bits per heavy atom. The van der Waals surface area contributed by atoms with Gasteiger partial charge in [0.25, 0.3) is 0 Å². The van der Waals surface area contributed by atoms with Crippen LogP contribution in [0.3, 0.4) is 0 Å². The van der Waals surface area contributed by atoms with Gasteiger partial charge in [-0.1, -0.05) is 50.8 Å². The number of nitrogens with one attached hydrogen (secondary N) is 1. The lowest BCUT2D eigenvalue weighted by atomic mass is 9.63. The number of hydrogen-bond donors (Lipinski definition) is 3. The molecule has 0 aliphatic heterocycles. The number of benzene rings is 1. The summed E-state index contributed by atoms with van der Waals surface area (Å²) < 4.78 is 28.5. The molecule has 39 heavy (non-hydrogen) atoms. The molecule has 1 fully saturated rings. The number of nitrogens with zero attached hydrogens (tertiary/aromatic N) is 1. The van der Waals surface area contributed by atoms with E-state index in [1.807, 2.05) is 19.9 Å². The van der Waals surface area contributed by atoms with Crippen LogP contribution in [0.15, 0.2) is 41.5 Å². The third-order valence-electron chi connectivity index (χ3n) is 8.08. The van der Waals surface area contributed by atoms with E-state index in [1.165, 1.54) is 18.6 Å². The van der Waals surface area contributed by atoms with Crippen LogP contribution < -0.4 is 11.1 Å². The van der Waals surface area contributed by atoms with Crippen LogP contribution in [0.5, 0.6) is 0 Å². The number of amides is 2. The average molecular weight is 546 g/mol. The molecule has 1 saturated carbocycles. The second kappa shape index (κ2) is 14.2. The van der Waals surface area contributed by atoms with E-state index in [0.29, 0.717) is 29.8 Å². The Kier molecular flexibility index (Phi) is 11.2. The van der Waals surface area contributed by atoms with Crippen LogP contribution >= 0.6 is 0 Å². The van der Waals surface area contributed by atoms with Crippen molar-refractivity contribution in [3.8, 4) is 0 Å². The summed E-state index contributed by atoms with van der Waals surface area (Å²) in [5, 5.41) is 15.3. The maximum atomic E-state index is 14.5. The number of allylic oxidation sites excluding steroid dienone is 2. The first-order chi connectivity index (χ1) is 18.6. The van der Waals surface area contributed by atoms with E-state index in [2.05, 4.69) is 5.32 Å². The molecule has 0 bridgehead atoms. The number of hydrogen-bond acceptors (Lipinski definition) is 4. The Balaban J connectivity index is 2.10. The standard InChI is InChI=1S/C31H45F2N3O3/c1-4-11-36(12-5-2)30(39)31(18-21(3)13-23(19-31)29(34)38)27(16-22-14-24(32)17-25(33)15-22)28(37)20-35-26-9-7-6-8-10-26/h13-15,17-18,26-28,35,37H,4-12,16,19-20H2,1-3H3,(H2,34,38)/t27-,28+,31?/m1/s1. The number of primary amides is 1. The predicted molar refractivity (Wildman–Crippen MR) is 150 cm³/mol. The minimum atomic E-state index is -1.32. The van der Waals surface area contributed by atoms with Crippen LogP contribution in [0, 0.1) is 23.0 Å².